The van der Waals surface area contributed by atoms with Gasteiger partial charge in [0, 0.05) is 0 Å². The molecule has 2 rings (SSSR count). The van der Waals surface area contributed by atoms with E-state index < -0.39 is 36.0 Å². The standard InChI is InChI=1S/C10H18O5/c1-5(11)6-7-8(10(4,12)14-6)15-9(2,3)13-7/h5-8,11-12H,1-4H3/t5-,6-,7-,8-,10?/m1/s1. The lowest BCUT2D eigenvalue weighted by Crippen LogP contribution is -2.40. The summed E-state index contributed by atoms with van der Waals surface area (Å²) in [4.78, 5) is 0. The largest absolute Gasteiger partial charge is 0.391 e. The lowest BCUT2D eigenvalue weighted by Gasteiger charge is -2.27. The molecule has 5 heteroatoms. The molecule has 1 unspecified atom stereocenters. The molecule has 0 aromatic rings. The highest BCUT2D eigenvalue weighted by atomic mass is 16.8. The zero-order chi connectivity index (χ0) is 11.4. The van der Waals surface area contributed by atoms with Crippen LogP contribution in [0.4, 0.5) is 0 Å². The molecule has 2 aliphatic rings. The van der Waals surface area contributed by atoms with Gasteiger partial charge in [-0.1, -0.05) is 0 Å². The van der Waals surface area contributed by atoms with Crippen molar-refractivity contribution in [3.8, 4) is 0 Å². The van der Waals surface area contributed by atoms with Crippen molar-refractivity contribution >= 4 is 0 Å². The van der Waals surface area contributed by atoms with E-state index in [0.717, 1.165) is 0 Å². The van der Waals surface area contributed by atoms with Crippen LogP contribution in [0.2, 0.25) is 0 Å². The normalized spacial score (nSPS) is 50.4. The van der Waals surface area contributed by atoms with Crippen molar-refractivity contribution in [3.63, 3.8) is 0 Å². The summed E-state index contributed by atoms with van der Waals surface area (Å²) in [7, 11) is 0. The Hall–Kier alpha value is -0.200. The molecule has 2 saturated heterocycles. The molecule has 0 saturated carbocycles. The van der Waals surface area contributed by atoms with Gasteiger partial charge in [-0.2, -0.15) is 0 Å². The van der Waals surface area contributed by atoms with E-state index in [0.29, 0.717) is 0 Å². The van der Waals surface area contributed by atoms with Crippen molar-refractivity contribution in [2.24, 2.45) is 0 Å². The monoisotopic (exact) mass is 218 g/mol. The smallest absolute Gasteiger partial charge is 0.192 e. The highest BCUT2D eigenvalue weighted by molar-refractivity contribution is 5.01. The van der Waals surface area contributed by atoms with Crippen LogP contribution in [-0.2, 0) is 14.2 Å². The minimum atomic E-state index is -1.40. The Labute approximate surface area is 88.9 Å². The van der Waals surface area contributed by atoms with Gasteiger partial charge in [-0.05, 0) is 27.7 Å². The van der Waals surface area contributed by atoms with Crippen LogP contribution in [0, 0.1) is 0 Å². The lowest BCUT2D eigenvalue weighted by atomic mass is 10.0. The average molecular weight is 218 g/mol. The quantitative estimate of drug-likeness (QED) is 0.648. The first-order valence-electron chi connectivity index (χ1n) is 5.17. The van der Waals surface area contributed by atoms with Crippen LogP contribution >= 0.6 is 0 Å². The number of rotatable bonds is 1. The number of aliphatic hydroxyl groups is 2. The summed E-state index contributed by atoms with van der Waals surface area (Å²) in [5, 5.41) is 19.5. The van der Waals surface area contributed by atoms with Gasteiger partial charge in [0.05, 0.1) is 6.10 Å². The van der Waals surface area contributed by atoms with Gasteiger partial charge in [0.1, 0.15) is 18.3 Å². The number of fused-ring (bicyclic) bond motifs is 1. The predicted octanol–water partition coefficient (Wildman–Crippen LogP) is -0.00540. The number of ether oxygens (including phenoxy) is 3. The fourth-order valence-electron chi connectivity index (χ4n) is 2.23. The molecule has 0 aromatic heterocycles. The van der Waals surface area contributed by atoms with E-state index in [-0.39, 0.29) is 0 Å². The van der Waals surface area contributed by atoms with Crippen molar-refractivity contribution in [3.05, 3.63) is 0 Å². The Bertz CT molecular complexity index is 261. The van der Waals surface area contributed by atoms with Crippen LogP contribution in [0.1, 0.15) is 27.7 Å². The van der Waals surface area contributed by atoms with Crippen LogP contribution in [0.15, 0.2) is 0 Å². The van der Waals surface area contributed by atoms with Crippen LogP contribution in [0.3, 0.4) is 0 Å². The zero-order valence-corrected chi connectivity index (χ0v) is 9.43. The maximum atomic E-state index is 9.98. The highest BCUT2D eigenvalue weighted by Gasteiger charge is 2.61. The predicted molar refractivity (Wildman–Crippen MR) is 51.0 cm³/mol. The van der Waals surface area contributed by atoms with E-state index in [1.165, 1.54) is 6.92 Å². The van der Waals surface area contributed by atoms with E-state index in [1.807, 2.05) is 0 Å². The van der Waals surface area contributed by atoms with E-state index in [1.54, 1.807) is 20.8 Å². The zero-order valence-electron chi connectivity index (χ0n) is 9.43. The Morgan fingerprint density at radius 1 is 1.13 bits per heavy atom. The fourth-order valence-corrected chi connectivity index (χ4v) is 2.23. The van der Waals surface area contributed by atoms with Crippen molar-refractivity contribution < 1.29 is 24.4 Å². The minimum absolute atomic E-state index is 0.421. The molecule has 0 radical (unpaired) electrons. The molecule has 0 amide bonds. The van der Waals surface area contributed by atoms with Crippen molar-refractivity contribution in [1.29, 1.82) is 0 Å². The second-order valence-corrected chi connectivity index (χ2v) is 4.90. The van der Waals surface area contributed by atoms with Crippen molar-refractivity contribution in [1.82, 2.24) is 0 Å². The van der Waals surface area contributed by atoms with Gasteiger partial charge in [0.15, 0.2) is 11.6 Å². The number of aliphatic hydroxyl groups excluding tert-OH is 1. The minimum Gasteiger partial charge on any atom is -0.391 e. The van der Waals surface area contributed by atoms with Gasteiger partial charge < -0.3 is 24.4 Å². The third kappa shape index (κ3) is 1.79. The van der Waals surface area contributed by atoms with Gasteiger partial charge in [0.2, 0.25) is 0 Å². The van der Waals surface area contributed by atoms with Gasteiger partial charge in [-0.3, -0.25) is 0 Å². The second kappa shape index (κ2) is 3.15. The molecule has 0 bridgehead atoms. The molecular formula is C10H18O5. The molecule has 0 spiro atoms. The van der Waals surface area contributed by atoms with Crippen molar-refractivity contribution in [2.75, 3.05) is 0 Å². The summed E-state index contributed by atoms with van der Waals surface area (Å²) in [6.07, 6.45) is -2.22. The Morgan fingerprint density at radius 3 is 2.27 bits per heavy atom. The maximum Gasteiger partial charge on any atom is 0.192 e. The van der Waals surface area contributed by atoms with Crippen LogP contribution in [-0.4, -0.2) is 46.2 Å². The average Bonchev–Trinajstić information content (AvgIpc) is 2.46. The molecule has 2 heterocycles. The number of hydrogen-bond donors (Lipinski definition) is 2. The first kappa shape index (κ1) is 11.3. The van der Waals surface area contributed by atoms with Crippen LogP contribution in [0.25, 0.3) is 0 Å². The molecule has 0 aliphatic carbocycles. The van der Waals surface area contributed by atoms with Gasteiger partial charge in [-0.15, -0.1) is 0 Å². The molecule has 88 valence electrons. The summed E-state index contributed by atoms with van der Waals surface area (Å²) in [5.74, 6) is -2.14. The molecule has 15 heavy (non-hydrogen) atoms. The molecular weight excluding hydrogens is 200 g/mol. The number of hydrogen-bond acceptors (Lipinski definition) is 5. The maximum absolute atomic E-state index is 9.98. The summed E-state index contributed by atoms with van der Waals surface area (Å²) in [6, 6.07) is 0. The first-order valence-corrected chi connectivity index (χ1v) is 5.17. The highest BCUT2D eigenvalue weighted by Crippen LogP contribution is 2.43. The van der Waals surface area contributed by atoms with Gasteiger partial charge in [-0.25, -0.2) is 0 Å². The van der Waals surface area contributed by atoms with E-state index in [2.05, 4.69) is 0 Å². The summed E-state index contributed by atoms with van der Waals surface area (Å²) in [6.45, 7) is 6.69. The Kier molecular flexibility index (Phi) is 2.37. The molecule has 2 aliphatic heterocycles. The Morgan fingerprint density at radius 2 is 1.73 bits per heavy atom. The second-order valence-electron chi connectivity index (χ2n) is 4.90. The summed E-state index contributed by atoms with van der Waals surface area (Å²) >= 11 is 0. The lowest BCUT2D eigenvalue weighted by molar-refractivity contribution is -0.273. The SMILES string of the molecule is C[C@@H](O)[C@H]1OC(C)(O)[C@@H]2OC(C)(C)O[C@H]12. The topological polar surface area (TPSA) is 68.2 Å². The third-order valence-corrected chi connectivity index (χ3v) is 2.83. The Balaban J connectivity index is 2.24. The first-order chi connectivity index (χ1) is 6.73. The van der Waals surface area contributed by atoms with Gasteiger partial charge >= 0.3 is 0 Å². The van der Waals surface area contributed by atoms with Crippen LogP contribution < -0.4 is 0 Å². The fraction of sp³-hybridized carbons (Fsp3) is 1.00. The molecule has 5 atom stereocenters. The van der Waals surface area contributed by atoms with E-state index >= 15 is 0 Å². The van der Waals surface area contributed by atoms with Crippen LogP contribution in [0.5, 0.6) is 0 Å². The van der Waals surface area contributed by atoms with E-state index in [4.69, 9.17) is 14.2 Å². The molecule has 2 N–H and O–H groups in total. The molecule has 0 aromatic carbocycles. The van der Waals surface area contributed by atoms with Gasteiger partial charge in [0.25, 0.3) is 0 Å². The van der Waals surface area contributed by atoms with E-state index in [9.17, 15) is 10.2 Å². The summed E-state index contributed by atoms with van der Waals surface area (Å²) < 4.78 is 16.5. The van der Waals surface area contributed by atoms with Crippen molar-refractivity contribution in [2.45, 2.75) is 63.7 Å². The molecule has 2 fully saturated rings. The molecule has 5 nitrogen and oxygen atoms in total. The summed E-state index contributed by atoms with van der Waals surface area (Å²) in [5.41, 5.74) is 0. The third-order valence-electron chi connectivity index (χ3n) is 2.83.